The molecule has 3 N–H and O–H groups in total. The molecule has 1 fully saturated rings. The van der Waals surface area contributed by atoms with Crippen LogP contribution in [0.25, 0.3) is 22.5 Å². The second-order valence-electron chi connectivity index (χ2n) is 10.9. The molecule has 0 atom stereocenters. The summed E-state index contributed by atoms with van der Waals surface area (Å²) in [5.41, 5.74) is 6.22. The van der Waals surface area contributed by atoms with Crippen LogP contribution in [-0.2, 0) is 16.0 Å². The topological polar surface area (TPSA) is 133 Å². The monoisotopic (exact) mass is 576 g/mol. The third-order valence-electron chi connectivity index (χ3n) is 7.92. The first-order chi connectivity index (χ1) is 20.9. The zero-order chi connectivity index (χ0) is 29.9. The number of nitro groups is 1. The zero-order valence-corrected chi connectivity index (χ0v) is 23.9. The molecule has 0 unspecified atom stereocenters. The van der Waals surface area contributed by atoms with E-state index in [1.54, 1.807) is 6.07 Å². The van der Waals surface area contributed by atoms with Crippen molar-refractivity contribution in [3.8, 4) is 11.3 Å². The normalized spacial score (nSPS) is 15.7. The van der Waals surface area contributed by atoms with Crippen LogP contribution in [0.3, 0.4) is 0 Å². The molecule has 1 saturated heterocycles. The molecule has 4 aromatic rings. The van der Waals surface area contributed by atoms with Gasteiger partial charge in [0.15, 0.2) is 0 Å². The molecule has 6 rings (SSSR count). The maximum Gasteiger partial charge on any atom is 0.270 e. The van der Waals surface area contributed by atoms with Gasteiger partial charge in [0, 0.05) is 60.3 Å². The molecule has 10 heteroatoms. The highest BCUT2D eigenvalue weighted by molar-refractivity contribution is 6.37. The second kappa shape index (κ2) is 11.9. The van der Waals surface area contributed by atoms with E-state index in [4.69, 9.17) is 0 Å². The minimum atomic E-state index is -0.463. The van der Waals surface area contributed by atoms with Gasteiger partial charge in [-0.2, -0.15) is 0 Å². The number of rotatable bonds is 9. The number of carbonyl (C=O) groups excluding carboxylic acids is 2. The van der Waals surface area contributed by atoms with Crippen LogP contribution in [0.5, 0.6) is 0 Å². The highest BCUT2D eigenvalue weighted by Gasteiger charge is 2.30. The van der Waals surface area contributed by atoms with Gasteiger partial charge in [0.25, 0.3) is 11.6 Å². The first kappa shape index (κ1) is 27.9. The van der Waals surface area contributed by atoms with Gasteiger partial charge in [-0.1, -0.05) is 36.4 Å². The Hall–Kier alpha value is -5.25. The Morgan fingerprint density at radius 3 is 2.53 bits per heavy atom. The van der Waals surface area contributed by atoms with E-state index in [2.05, 4.69) is 20.6 Å². The molecule has 0 aliphatic carbocycles. The predicted molar refractivity (Wildman–Crippen MR) is 166 cm³/mol. The number of imidazole rings is 1. The number of H-pyrrole nitrogens is 1. The minimum Gasteiger partial charge on any atom is -0.354 e. The molecule has 43 heavy (non-hydrogen) atoms. The molecule has 3 heterocycles. The number of nitrogens with one attached hydrogen (secondary N) is 3. The zero-order valence-electron chi connectivity index (χ0n) is 23.9. The Balaban J connectivity index is 1.30. The number of benzene rings is 3. The van der Waals surface area contributed by atoms with Crippen LogP contribution >= 0.6 is 0 Å². The van der Waals surface area contributed by atoms with Gasteiger partial charge in [0.1, 0.15) is 5.82 Å². The van der Waals surface area contributed by atoms with E-state index in [-0.39, 0.29) is 17.5 Å². The number of nitro benzene ring substituents is 1. The smallest absolute Gasteiger partial charge is 0.270 e. The number of non-ortho nitro benzene ring substituents is 1. The van der Waals surface area contributed by atoms with Crippen molar-refractivity contribution in [2.75, 3.05) is 23.7 Å². The van der Waals surface area contributed by atoms with Gasteiger partial charge in [-0.25, -0.2) is 4.98 Å². The van der Waals surface area contributed by atoms with Crippen LogP contribution < -0.4 is 10.6 Å². The molecule has 0 bridgehead atoms. The van der Waals surface area contributed by atoms with E-state index >= 15 is 0 Å². The van der Waals surface area contributed by atoms with E-state index in [1.165, 1.54) is 12.1 Å². The van der Waals surface area contributed by atoms with Crippen molar-refractivity contribution < 1.29 is 14.5 Å². The number of amides is 2. The van der Waals surface area contributed by atoms with Crippen LogP contribution in [0.4, 0.5) is 17.1 Å². The lowest BCUT2D eigenvalue weighted by Gasteiger charge is -2.26. The molecule has 0 radical (unpaired) electrons. The summed E-state index contributed by atoms with van der Waals surface area (Å²) in [4.78, 5) is 46.1. The fourth-order valence-electron chi connectivity index (χ4n) is 5.64. The maximum absolute atomic E-state index is 13.3. The van der Waals surface area contributed by atoms with Crippen LogP contribution in [0.1, 0.15) is 48.2 Å². The number of aryl methyl sites for hydroxylation is 2. The highest BCUT2D eigenvalue weighted by Crippen LogP contribution is 2.39. The maximum atomic E-state index is 13.3. The SMILES string of the molecule is Cc1nc(-c2ccc(N/C(=C3\C(=O)Nc4ccc([N+](=O)[O-])cc43)c3ccc(CCCN4CCCCC4=O)cc3)cc2)c[nH]1. The fraction of sp³-hybridized carbons (Fsp3) is 0.242. The third-order valence-corrected chi connectivity index (χ3v) is 7.92. The van der Waals surface area contributed by atoms with Crippen LogP contribution in [0.15, 0.2) is 72.9 Å². The Kier molecular flexibility index (Phi) is 7.74. The van der Waals surface area contributed by atoms with E-state index in [0.717, 1.165) is 72.7 Å². The Labute approximate surface area is 249 Å². The first-order valence-electron chi connectivity index (χ1n) is 14.5. The fourth-order valence-corrected chi connectivity index (χ4v) is 5.64. The first-order valence-corrected chi connectivity index (χ1v) is 14.5. The molecule has 218 valence electrons. The predicted octanol–water partition coefficient (Wildman–Crippen LogP) is 6.17. The molecular formula is C33H32N6O4. The number of nitrogens with zero attached hydrogens (tertiary/aromatic N) is 3. The summed E-state index contributed by atoms with van der Waals surface area (Å²) in [5, 5.41) is 17.8. The van der Waals surface area contributed by atoms with E-state index in [1.807, 2.05) is 66.6 Å². The van der Waals surface area contributed by atoms with Crippen LogP contribution in [0.2, 0.25) is 0 Å². The van der Waals surface area contributed by atoms with Gasteiger partial charge in [0.05, 0.1) is 21.9 Å². The Morgan fingerprint density at radius 2 is 1.84 bits per heavy atom. The van der Waals surface area contributed by atoms with Crippen molar-refractivity contribution in [1.82, 2.24) is 14.9 Å². The minimum absolute atomic E-state index is 0.0896. The molecular weight excluding hydrogens is 544 g/mol. The number of hydrogen-bond acceptors (Lipinski definition) is 6. The number of likely N-dealkylation sites (tertiary alicyclic amines) is 1. The number of aromatic amines is 1. The van der Waals surface area contributed by atoms with Crippen molar-refractivity contribution in [3.63, 3.8) is 0 Å². The van der Waals surface area contributed by atoms with Crippen molar-refractivity contribution >= 4 is 40.1 Å². The highest BCUT2D eigenvalue weighted by atomic mass is 16.6. The lowest BCUT2D eigenvalue weighted by Crippen LogP contribution is -2.36. The molecule has 10 nitrogen and oxygen atoms in total. The number of aromatic nitrogens is 2. The lowest BCUT2D eigenvalue weighted by molar-refractivity contribution is -0.384. The number of fused-ring (bicyclic) bond motifs is 1. The third kappa shape index (κ3) is 6.04. The van der Waals surface area contributed by atoms with Gasteiger partial charge in [-0.15, -0.1) is 0 Å². The standard InChI is InChI=1S/C33H32N6O4/c1-21-34-20-29(35-21)23-11-13-25(14-12-23)36-32(31-27-19-26(39(42)43)15-16-28(27)37-33(31)41)24-9-7-22(8-10-24)5-4-18-38-17-3-2-6-30(38)40/h7-16,19-20,36H,2-6,17-18H2,1H3,(H,34,35)(H,37,41)/b32-31-. The van der Waals surface area contributed by atoms with Crippen molar-refractivity contribution in [1.29, 1.82) is 0 Å². The molecule has 2 aliphatic heterocycles. The molecule has 2 amide bonds. The molecule has 0 spiro atoms. The average Bonchev–Trinajstić information content (AvgIpc) is 3.59. The summed E-state index contributed by atoms with van der Waals surface area (Å²) in [5.74, 6) is 0.733. The Bertz CT molecular complexity index is 1720. The summed E-state index contributed by atoms with van der Waals surface area (Å²) >= 11 is 0. The summed E-state index contributed by atoms with van der Waals surface area (Å²) in [6, 6.07) is 20.1. The lowest BCUT2D eigenvalue weighted by atomic mass is 9.98. The van der Waals surface area contributed by atoms with Gasteiger partial charge < -0.3 is 20.5 Å². The Morgan fingerprint density at radius 1 is 1.05 bits per heavy atom. The molecule has 1 aromatic heterocycles. The molecule has 0 saturated carbocycles. The van der Waals surface area contributed by atoms with Gasteiger partial charge in [-0.05, 0) is 61.9 Å². The molecule has 3 aromatic carbocycles. The number of carbonyl (C=O) groups is 2. The van der Waals surface area contributed by atoms with Crippen molar-refractivity contribution in [2.24, 2.45) is 0 Å². The summed E-state index contributed by atoms with van der Waals surface area (Å²) in [7, 11) is 0. The quantitative estimate of drug-likeness (QED) is 0.124. The number of piperidine rings is 1. The average molecular weight is 577 g/mol. The van der Waals surface area contributed by atoms with E-state index in [0.29, 0.717) is 28.9 Å². The summed E-state index contributed by atoms with van der Waals surface area (Å²) in [6.07, 6.45) is 6.24. The van der Waals surface area contributed by atoms with Gasteiger partial charge >= 0.3 is 0 Å². The van der Waals surface area contributed by atoms with Crippen molar-refractivity contribution in [3.05, 3.63) is 106 Å². The van der Waals surface area contributed by atoms with Gasteiger partial charge in [0.2, 0.25) is 5.91 Å². The number of anilines is 2. The van der Waals surface area contributed by atoms with Gasteiger partial charge in [-0.3, -0.25) is 19.7 Å². The molecule has 2 aliphatic rings. The van der Waals surface area contributed by atoms with Crippen LogP contribution in [-0.4, -0.2) is 44.7 Å². The summed E-state index contributed by atoms with van der Waals surface area (Å²) in [6.45, 7) is 3.49. The number of hydrogen-bond donors (Lipinski definition) is 3. The largest absolute Gasteiger partial charge is 0.354 e. The van der Waals surface area contributed by atoms with Crippen LogP contribution in [0, 0.1) is 17.0 Å². The van der Waals surface area contributed by atoms with Crippen molar-refractivity contribution in [2.45, 2.75) is 39.0 Å². The van der Waals surface area contributed by atoms with E-state index in [9.17, 15) is 19.7 Å². The summed E-state index contributed by atoms with van der Waals surface area (Å²) < 4.78 is 0. The van der Waals surface area contributed by atoms with E-state index < -0.39 is 4.92 Å². The second-order valence-corrected chi connectivity index (χ2v) is 10.9.